The molecule has 120 valence electrons. The molecule has 2 heterocycles. The van der Waals surface area contributed by atoms with Crippen LogP contribution in [0.1, 0.15) is 24.0 Å². The molecule has 0 saturated carbocycles. The third kappa shape index (κ3) is 3.44. The lowest BCUT2D eigenvalue weighted by Gasteiger charge is -2.24. The van der Waals surface area contributed by atoms with Crippen molar-refractivity contribution in [3.8, 4) is 0 Å². The lowest BCUT2D eigenvalue weighted by atomic mass is 10.1. The molecule has 23 heavy (non-hydrogen) atoms. The Labute approximate surface area is 139 Å². The van der Waals surface area contributed by atoms with Gasteiger partial charge in [-0.2, -0.15) is 5.10 Å². The number of hydrogen-bond donors (Lipinski definition) is 1. The maximum absolute atomic E-state index is 12.3. The number of aryl methyl sites for hydroxylation is 2. The molecular formula is C16H18N4O2S. The van der Waals surface area contributed by atoms with E-state index in [0.29, 0.717) is 17.3 Å². The van der Waals surface area contributed by atoms with Crippen LogP contribution in [0.15, 0.2) is 28.3 Å². The summed E-state index contributed by atoms with van der Waals surface area (Å²) in [6.45, 7) is 4.61. The van der Waals surface area contributed by atoms with E-state index in [-0.39, 0.29) is 18.2 Å². The van der Waals surface area contributed by atoms with Crippen molar-refractivity contribution < 1.29 is 9.59 Å². The van der Waals surface area contributed by atoms with Gasteiger partial charge >= 0.3 is 0 Å². The Morgan fingerprint density at radius 1 is 1.30 bits per heavy atom. The van der Waals surface area contributed by atoms with Crippen LogP contribution in [0, 0.1) is 13.8 Å². The van der Waals surface area contributed by atoms with Crippen molar-refractivity contribution in [3.05, 3.63) is 29.3 Å². The van der Waals surface area contributed by atoms with Crippen molar-refractivity contribution in [3.63, 3.8) is 0 Å². The molecule has 0 radical (unpaired) electrons. The van der Waals surface area contributed by atoms with Gasteiger partial charge in [0, 0.05) is 18.6 Å². The van der Waals surface area contributed by atoms with Crippen LogP contribution in [0.2, 0.25) is 0 Å². The Morgan fingerprint density at radius 3 is 2.87 bits per heavy atom. The number of amides is 2. The van der Waals surface area contributed by atoms with Crippen molar-refractivity contribution in [2.75, 3.05) is 17.3 Å². The predicted octanol–water partition coefficient (Wildman–Crippen LogP) is 2.01. The molecule has 0 bridgehead atoms. The summed E-state index contributed by atoms with van der Waals surface area (Å²) >= 11 is 1.52. The second kappa shape index (κ2) is 6.54. The van der Waals surface area contributed by atoms with Crippen molar-refractivity contribution in [1.82, 2.24) is 5.32 Å². The quantitative estimate of drug-likeness (QED) is 0.901. The maximum Gasteiger partial charge on any atom is 0.273 e. The van der Waals surface area contributed by atoms with Gasteiger partial charge in [-0.25, -0.2) is 5.01 Å². The van der Waals surface area contributed by atoms with Crippen LogP contribution < -0.4 is 10.3 Å². The summed E-state index contributed by atoms with van der Waals surface area (Å²) < 4.78 is 0. The van der Waals surface area contributed by atoms with E-state index in [2.05, 4.69) is 15.4 Å². The van der Waals surface area contributed by atoms with E-state index in [1.165, 1.54) is 16.8 Å². The largest absolute Gasteiger partial charge is 0.300 e. The highest BCUT2D eigenvalue weighted by Gasteiger charge is 2.27. The SMILES string of the molecule is Cc1ccc(C)c(N2N=C(C(=O)NC3=NCCS3)CCC2=O)c1. The topological polar surface area (TPSA) is 74.1 Å². The van der Waals surface area contributed by atoms with Crippen molar-refractivity contribution in [2.45, 2.75) is 26.7 Å². The van der Waals surface area contributed by atoms with Gasteiger partial charge in [-0.15, -0.1) is 0 Å². The third-order valence-electron chi connectivity index (χ3n) is 3.69. The van der Waals surface area contributed by atoms with E-state index in [4.69, 9.17) is 0 Å². The lowest BCUT2D eigenvalue weighted by molar-refractivity contribution is -0.118. The van der Waals surface area contributed by atoms with E-state index >= 15 is 0 Å². The molecule has 1 aromatic carbocycles. The average Bonchev–Trinajstić information content (AvgIpc) is 3.03. The zero-order valence-corrected chi connectivity index (χ0v) is 13.9. The first-order valence-corrected chi connectivity index (χ1v) is 8.49. The number of anilines is 1. The summed E-state index contributed by atoms with van der Waals surface area (Å²) in [4.78, 5) is 28.7. The zero-order chi connectivity index (χ0) is 16.4. The number of amidine groups is 1. The number of hydrogen-bond acceptors (Lipinski definition) is 5. The van der Waals surface area contributed by atoms with Gasteiger partial charge in [0.05, 0.1) is 12.2 Å². The fourth-order valence-corrected chi connectivity index (χ4v) is 3.16. The molecule has 0 aromatic heterocycles. The molecule has 2 amide bonds. The summed E-state index contributed by atoms with van der Waals surface area (Å²) in [5.74, 6) is 0.513. The van der Waals surface area contributed by atoms with Crippen molar-refractivity contribution in [1.29, 1.82) is 0 Å². The smallest absolute Gasteiger partial charge is 0.273 e. The van der Waals surface area contributed by atoms with E-state index in [9.17, 15) is 9.59 Å². The second-order valence-electron chi connectivity index (χ2n) is 5.53. The average molecular weight is 330 g/mol. The van der Waals surface area contributed by atoms with Crippen LogP contribution >= 0.6 is 11.8 Å². The molecule has 0 aliphatic carbocycles. The van der Waals surface area contributed by atoms with Crippen LogP contribution in [-0.4, -0.2) is 35.0 Å². The van der Waals surface area contributed by atoms with Crippen molar-refractivity contribution in [2.24, 2.45) is 10.1 Å². The van der Waals surface area contributed by atoms with E-state index in [0.717, 1.165) is 29.1 Å². The first-order valence-electron chi connectivity index (χ1n) is 7.51. The minimum Gasteiger partial charge on any atom is -0.300 e. The number of nitrogens with one attached hydrogen (secondary N) is 1. The highest BCUT2D eigenvalue weighted by Crippen LogP contribution is 2.25. The highest BCUT2D eigenvalue weighted by atomic mass is 32.2. The van der Waals surface area contributed by atoms with Gasteiger partial charge in [-0.05, 0) is 31.0 Å². The summed E-state index contributed by atoms with van der Waals surface area (Å²) in [7, 11) is 0. The van der Waals surface area contributed by atoms with Gasteiger partial charge in [0.2, 0.25) is 5.91 Å². The molecule has 1 aromatic rings. The number of rotatable bonds is 2. The van der Waals surface area contributed by atoms with Crippen LogP contribution in [-0.2, 0) is 9.59 Å². The molecule has 2 aliphatic heterocycles. The fraction of sp³-hybridized carbons (Fsp3) is 0.375. The normalized spacial score (nSPS) is 17.8. The summed E-state index contributed by atoms with van der Waals surface area (Å²) in [6, 6.07) is 5.85. The molecule has 0 unspecified atom stereocenters. The highest BCUT2D eigenvalue weighted by molar-refractivity contribution is 8.14. The summed E-state index contributed by atoms with van der Waals surface area (Å²) in [5, 5.41) is 9.05. The number of thioether (sulfide) groups is 1. The Morgan fingerprint density at radius 2 is 2.13 bits per heavy atom. The molecular weight excluding hydrogens is 312 g/mol. The minimum atomic E-state index is -0.277. The Bertz CT molecular complexity index is 727. The van der Waals surface area contributed by atoms with Crippen LogP contribution in [0.5, 0.6) is 0 Å². The van der Waals surface area contributed by atoms with E-state index < -0.39 is 0 Å². The number of benzene rings is 1. The number of carbonyl (C=O) groups is 2. The molecule has 1 N–H and O–H groups in total. The Balaban J connectivity index is 1.86. The molecule has 0 fully saturated rings. The van der Waals surface area contributed by atoms with Crippen LogP contribution in [0.3, 0.4) is 0 Å². The number of carbonyl (C=O) groups excluding carboxylic acids is 2. The molecule has 7 heteroatoms. The van der Waals surface area contributed by atoms with Crippen molar-refractivity contribution >= 4 is 40.1 Å². The first-order chi connectivity index (χ1) is 11.0. The van der Waals surface area contributed by atoms with Gasteiger partial charge in [-0.3, -0.25) is 14.6 Å². The van der Waals surface area contributed by atoms with E-state index in [1.807, 2.05) is 32.0 Å². The van der Waals surface area contributed by atoms with Gasteiger partial charge in [0.15, 0.2) is 5.17 Å². The molecule has 0 spiro atoms. The third-order valence-corrected chi connectivity index (χ3v) is 4.58. The molecule has 0 atom stereocenters. The monoisotopic (exact) mass is 330 g/mol. The zero-order valence-electron chi connectivity index (χ0n) is 13.1. The summed E-state index contributed by atoms with van der Waals surface area (Å²) in [5.41, 5.74) is 3.08. The van der Waals surface area contributed by atoms with Gasteiger partial charge in [0.25, 0.3) is 5.91 Å². The lowest BCUT2D eigenvalue weighted by Crippen LogP contribution is -2.40. The summed E-state index contributed by atoms with van der Waals surface area (Å²) in [6.07, 6.45) is 0.628. The van der Waals surface area contributed by atoms with Gasteiger partial charge in [-0.1, -0.05) is 23.9 Å². The fourth-order valence-electron chi connectivity index (χ4n) is 2.43. The van der Waals surface area contributed by atoms with Crippen LogP contribution in [0.25, 0.3) is 0 Å². The number of hydrazone groups is 1. The molecule has 6 nitrogen and oxygen atoms in total. The first kappa shape index (κ1) is 15.7. The molecule has 0 saturated heterocycles. The number of nitrogens with zero attached hydrogens (tertiary/aromatic N) is 3. The van der Waals surface area contributed by atoms with E-state index in [1.54, 1.807) is 0 Å². The number of aliphatic imine (C=N–C) groups is 1. The second-order valence-corrected chi connectivity index (χ2v) is 6.62. The maximum atomic E-state index is 12.3. The molecule has 3 rings (SSSR count). The van der Waals surface area contributed by atoms with Gasteiger partial charge in [0.1, 0.15) is 5.71 Å². The minimum absolute atomic E-state index is 0.0946. The Hall–Kier alpha value is -2.15. The standard InChI is InChI=1S/C16H18N4O2S/c1-10-3-4-11(2)13(9-10)20-14(21)6-5-12(19-20)15(22)18-16-17-7-8-23-16/h3-4,9H,5-8H2,1-2H3,(H,17,18,22). The van der Waals surface area contributed by atoms with Crippen LogP contribution in [0.4, 0.5) is 5.69 Å². The molecule has 2 aliphatic rings. The Kier molecular flexibility index (Phi) is 4.47. The van der Waals surface area contributed by atoms with Gasteiger partial charge < -0.3 is 5.32 Å². The predicted molar refractivity (Wildman–Crippen MR) is 93.0 cm³/mol.